The van der Waals surface area contributed by atoms with Gasteiger partial charge in [-0.1, -0.05) is 12.1 Å². The van der Waals surface area contributed by atoms with E-state index >= 15 is 0 Å². The van der Waals surface area contributed by atoms with Crippen molar-refractivity contribution < 1.29 is 27.8 Å². The molecular weight excluding hydrogens is 289 g/mol. The summed E-state index contributed by atoms with van der Waals surface area (Å²) in [6.45, 7) is 0.0226. The maximum atomic E-state index is 11.8. The normalized spacial score (nSPS) is 12.8. The zero-order chi connectivity index (χ0) is 15.9. The largest absolute Gasteiger partial charge is 0.411 e. The fourth-order valence-electron chi connectivity index (χ4n) is 1.44. The average Bonchev–Trinajstić information content (AvgIpc) is 2.37. The lowest BCUT2D eigenvalue weighted by Gasteiger charge is -2.10. The number of hydrogen-bond acceptors (Lipinski definition) is 3. The number of benzene rings is 1. The van der Waals surface area contributed by atoms with Crippen LogP contribution < -0.4 is 10.6 Å². The van der Waals surface area contributed by atoms with Crippen LogP contribution in [0.3, 0.4) is 0 Å². The van der Waals surface area contributed by atoms with E-state index < -0.39 is 24.9 Å². The van der Waals surface area contributed by atoms with Crippen LogP contribution in [0.1, 0.15) is 18.6 Å². The molecule has 8 heteroatoms. The van der Waals surface area contributed by atoms with Gasteiger partial charge in [0, 0.05) is 12.2 Å². The minimum atomic E-state index is -4.37. The Hall–Kier alpha value is -1.80. The molecule has 2 amide bonds. The molecule has 0 aliphatic rings. The highest BCUT2D eigenvalue weighted by atomic mass is 19.4. The molecule has 0 spiro atoms. The van der Waals surface area contributed by atoms with Crippen LogP contribution in [0.5, 0.6) is 0 Å². The minimum absolute atomic E-state index is 0.0341. The molecule has 0 saturated heterocycles. The summed E-state index contributed by atoms with van der Waals surface area (Å²) in [4.78, 5) is 11.4. The highest BCUT2D eigenvalue weighted by Gasteiger charge is 2.27. The Bertz CT molecular complexity index is 447. The summed E-state index contributed by atoms with van der Waals surface area (Å²) >= 11 is 0. The fourth-order valence-corrected chi connectivity index (χ4v) is 1.44. The predicted octanol–water partition coefficient (Wildman–Crippen LogP) is 2.44. The van der Waals surface area contributed by atoms with E-state index in [0.717, 1.165) is 0 Å². The molecule has 3 N–H and O–H groups in total. The molecule has 1 aromatic carbocycles. The second kappa shape index (κ2) is 7.84. The highest BCUT2D eigenvalue weighted by molar-refractivity contribution is 5.89. The van der Waals surface area contributed by atoms with Gasteiger partial charge >= 0.3 is 12.2 Å². The molecule has 0 saturated carbocycles. The Kier molecular flexibility index (Phi) is 6.44. The van der Waals surface area contributed by atoms with Gasteiger partial charge in [0.25, 0.3) is 0 Å². The van der Waals surface area contributed by atoms with Crippen molar-refractivity contribution >= 4 is 11.7 Å². The van der Waals surface area contributed by atoms with Gasteiger partial charge in [-0.25, -0.2) is 4.79 Å². The number of halogens is 3. The number of hydrogen-bond donors (Lipinski definition) is 3. The molecule has 1 unspecified atom stereocenters. The summed E-state index contributed by atoms with van der Waals surface area (Å²) in [7, 11) is 0. The molecule has 21 heavy (non-hydrogen) atoms. The third kappa shape index (κ3) is 7.52. The number of aliphatic hydroxyl groups is 1. The number of amides is 2. The van der Waals surface area contributed by atoms with Crippen LogP contribution in [0.15, 0.2) is 24.3 Å². The van der Waals surface area contributed by atoms with Crippen LogP contribution >= 0.6 is 0 Å². The van der Waals surface area contributed by atoms with Crippen molar-refractivity contribution in [2.75, 3.05) is 25.1 Å². The molecule has 1 rings (SSSR count). The third-order valence-corrected chi connectivity index (χ3v) is 2.45. The van der Waals surface area contributed by atoms with Crippen LogP contribution in [0, 0.1) is 0 Å². The SMILES string of the molecule is CC(O)c1ccc(NC(=O)NCCOCC(F)(F)F)cc1. The van der Waals surface area contributed by atoms with Gasteiger partial charge in [0.2, 0.25) is 0 Å². The molecule has 0 radical (unpaired) electrons. The van der Waals surface area contributed by atoms with Crippen molar-refractivity contribution in [1.82, 2.24) is 5.32 Å². The maximum Gasteiger partial charge on any atom is 0.411 e. The highest BCUT2D eigenvalue weighted by Crippen LogP contribution is 2.15. The molecule has 1 aromatic rings. The Morgan fingerprint density at radius 1 is 1.33 bits per heavy atom. The molecule has 0 heterocycles. The molecule has 5 nitrogen and oxygen atoms in total. The van der Waals surface area contributed by atoms with Gasteiger partial charge in [-0.3, -0.25) is 0 Å². The van der Waals surface area contributed by atoms with Gasteiger partial charge in [-0.05, 0) is 24.6 Å². The van der Waals surface area contributed by atoms with E-state index in [1.807, 2.05) is 0 Å². The Morgan fingerprint density at radius 2 is 1.95 bits per heavy atom. The third-order valence-electron chi connectivity index (χ3n) is 2.45. The van der Waals surface area contributed by atoms with Gasteiger partial charge in [-0.2, -0.15) is 13.2 Å². The smallest absolute Gasteiger partial charge is 0.389 e. The molecule has 0 fully saturated rings. The number of rotatable bonds is 6. The van der Waals surface area contributed by atoms with Gasteiger partial charge < -0.3 is 20.5 Å². The lowest BCUT2D eigenvalue weighted by Crippen LogP contribution is -2.32. The molecule has 118 valence electrons. The van der Waals surface area contributed by atoms with Crippen molar-refractivity contribution in [3.05, 3.63) is 29.8 Å². The number of urea groups is 1. The first-order chi connectivity index (χ1) is 9.78. The van der Waals surface area contributed by atoms with E-state index in [9.17, 15) is 23.1 Å². The summed E-state index contributed by atoms with van der Waals surface area (Å²) in [5, 5.41) is 14.2. The molecule has 0 bridgehead atoms. The molecule has 0 aromatic heterocycles. The Balaban J connectivity index is 2.24. The van der Waals surface area contributed by atoms with E-state index in [1.54, 1.807) is 31.2 Å². The van der Waals surface area contributed by atoms with E-state index in [4.69, 9.17) is 0 Å². The lowest BCUT2D eigenvalue weighted by molar-refractivity contribution is -0.173. The van der Waals surface area contributed by atoms with Gasteiger partial charge in [0.05, 0.1) is 12.7 Å². The average molecular weight is 306 g/mol. The van der Waals surface area contributed by atoms with Crippen molar-refractivity contribution in [2.24, 2.45) is 0 Å². The van der Waals surface area contributed by atoms with Crippen LogP contribution in [-0.2, 0) is 4.74 Å². The van der Waals surface area contributed by atoms with E-state index in [0.29, 0.717) is 11.3 Å². The summed E-state index contributed by atoms with van der Waals surface area (Å²) in [5.41, 5.74) is 1.22. The van der Waals surface area contributed by atoms with Crippen molar-refractivity contribution in [3.63, 3.8) is 0 Å². The van der Waals surface area contributed by atoms with Crippen molar-refractivity contribution in [3.8, 4) is 0 Å². The molecule has 1 atom stereocenters. The number of anilines is 1. The van der Waals surface area contributed by atoms with Crippen molar-refractivity contribution in [2.45, 2.75) is 19.2 Å². The summed E-state index contributed by atoms with van der Waals surface area (Å²) in [5.74, 6) is 0. The lowest BCUT2D eigenvalue weighted by atomic mass is 10.1. The van der Waals surface area contributed by atoms with E-state index in [-0.39, 0.29) is 13.2 Å². The van der Waals surface area contributed by atoms with Crippen LogP contribution in [0.2, 0.25) is 0 Å². The topological polar surface area (TPSA) is 70.6 Å². The number of alkyl halides is 3. The first-order valence-electron chi connectivity index (χ1n) is 6.25. The van der Waals surface area contributed by atoms with Crippen molar-refractivity contribution in [1.29, 1.82) is 0 Å². The fraction of sp³-hybridized carbons (Fsp3) is 0.462. The zero-order valence-electron chi connectivity index (χ0n) is 11.4. The van der Waals surface area contributed by atoms with Crippen LogP contribution in [0.25, 0.3) is 0 Å². The number of aliphatic hydroxyl groups excluding tert-OH is 1. The maximum absolute atomic E-state index is 11.8. The summed E-state index contributed by atoms with van der Waals surface area (Å²) < 4.78 is 39.7. The van der Waals surface area contributed by atoms with Crippen LogP contribution in [-0.4, -0.2) is 37.1 Å². The zero-order valence-corrected chi connectivity index (χ0v) is 11.4. The van der Waals surface area contributed by atoms with E-state index in [1.165, 1.54) is 0 Å². The van der Waals surface area contributed by atoms with E-state index in [2.05, 4.69) is 15.4 Å². The predicted molar refractivity (Wildman–Crippen MR) is 71.0 cm³/mol. The molecule has 0 aliphatic carbocycles. The Morgan fingerprint density at radius 3 is 2.48 bits per heavy atom. The second-order valence-electron chi connectivity index (χ2n) is 4.35. The van der Waals surface area contributed by atoms with Crippen LogP contribution in [0.4, 0.5) is 23.7 Å². The van der Waals surface area contributed by atoms with Gasteiger partial charge in [-0.15, -0.1) is 0 Å². The van der Waals surface area contributed by atoms with Gasteiger partial charge in [0.1, 0.15) is 6.61 Å². The minimum Gasteiger partial charge on any atom is -0.389 e. The summed E-state index contributed by atoms with van der Waals surface area (Å²) in [6.07, 6.45) is -4.97. The monoisotopic (exact) mass is 306 g/mol. The number of ether oxygens (including phenoxy) is 1. The Labute approximate surface area is 120 Å². The first kappa shape index (κ1) is 17.3. The first-order valence-corrected chi connectivity index (χ1v) is 6.25. The molecule has 0 aliphatic heterocycles. The number of carbonyl (C=O) groups is 1. The molecular formula is C13H17F3N2O3. The number of carbonyl (C=O) groups excluding carboxylic acids is 1. The number of nitrogens with one attached hydrogen (secondary N) is 2. The van der Waals surface area contributed by atoms with Gasteiger partial charge in [0.15, 0.2) is 0 Å². The second-order valence-corrected chi connectivity index (χ2v) is 4.35. The quantitative estimate of drug-likeness (QED) is 0.707. The summed E-state index contributed by atoms with van der Waals surface area (Å²) in [6, 6.07) is 6.00. The standard InChI is InChI=1S/C13H17F3N2O3/c1-9(19)10-2-4-11(5-3-10)18-12(20)17-6-7-21-8-13(14,15)16/h2-5,9,19H,6-8H2,1H3,(H2,17,18,20).